The first kappa shape index (κ1) is 11.8. The van der Waals surface area contributed by atoms with Crippen LogP contribution in [0.25, 0.3) is 0 Å². The molecule has 1 aliphatic heterocycles. The van der Waals surface area contributed by atoms with E-state index in [0.29, 0.717) is 7.92 Å². The molecule has 15 heavy (non-hydrogen) atoms. The van der Waals surface area contributed by atoms with Gasteiger partial charge in [0.15, 0.2) is 0 Å². The van der Waals surface area contributed by atoms with Crippen LogP contribution in [0, 0.1) is 17.8 Å². The molecule has 0 aromatic heterocycles. The molecule has 0 nitrogen and oxygen atoms in total. The van der Waals surface area contributed by atoms with E-state index in [1.165, 1.54) is 31.8 Å². The Morgan fingerprint density at radius 3 is 1.80 bits per heavy atom. The Kier molecular flexibility index (Phi) is 3.66. The first-order valence-electron chi connectivity index (χ1n) is 6.71. The van der Waals surface area contributed by atoms with Crippen LogP contribution in [0.4, 0.5) is 0 Å². The van der Waals surface area contributed by atoms with Crippen molar-refractivity contribution < 1.29 is 0 Å². The minimum atomic E-state index is 0.331. The lowest BCUT2D eigenvalue weighted by Crippen LogP contribution is -2.15. The van der Waals surface area contributed by atoms with Gasteiger partial charge in [-0.05, 0) is 50.8 Å². The Balaban J connectivity index is 1.95. The fourth-order valence-electron chi connectivity index (χ4n) is 3.44. The molecule has 1 heteroatoms. The van der Waals surface area contributed by atoms with E-state index in [4.69, 9.17) is 0 Å². The van der Waals surface area contributed by atoms with Gasteiger partial charge in [-0.1, -0.05) is 21.8 Å². The molecule has 0 aromatic rings. The van der Waals surface area contributed by atoms with Crippen LogP contribution in [0.2, 0.25) is 0 Å². The van der Waals surface area contributed by atoms with Gasteiger partial charge in [0.2, 0.25) is 0 Å². The zero-order chi connectivity index (χ0) is 11.0. The second-order valence-corrected chi connectivity index (χ2v) is 9.01. The van der Waals surface area contributed by atoms with Crippen LogP contribution in [0.15, 0.2) is 0 Å². The number of hydrogen-bond acceptors (Lipinski definition) is 0. The first-order valence-corrected chi connectivity index (χ1v) is 8.37. The molecule has 0 spiro atoms. The van der Waals surface area contributed by atoms with E-state index in [0.717, 1.165) is 23.2 Å². The van der Waals surface area contributed by atoms with Crippen molar-refractivity contribution >= 4 is 7.92 Å². The molecular formula is C14H26P+. The van der Waals surface area contributed by atoms with Gasteiger partial charge >= 0.3 is 0 Å². The molecule has 0 amide bonds. The van der Waals surface area contributed by atoms with Crippen LogP contribution in [0.5, 0.6) is 0 Å². The highest BCUT2D eigenvalue weighted by molar-refractivity contribution is 7.59. The van der Waals surface area contributed by atoms with Crippen LogP contribution in [0.3, 0.4) is 0 Å². The molecule has 0 radical (unpaired) electrons. The average Bonchev–Trinajstić information content (AvgIpc) is 2.67. The van der Waals surface area contributed by atoms with Crippen molar-refractivity contribution in [2.75, 3.05) is 6.16 Å². The second kappa shape index (κ2) is 4.66. The van der Waals surface area contributed by atoms with E-state index in [1.807, 2.05) is 5.92 Å². The van der Waals surface area contributed by atoms with Gasteiger partial charge in [0.1, 0.15) is 12.1 Å². The highest BCUT2D eigenvalue weighted by Gasteiger charge is 2.45. The predicted molar refractivity (Wildman–Crippen MR) is 70.8 cm³/mol. The van der Waals surface area contributed by atoms with Gasteiger partial charge in [0, 0.05) is 0 Å². The molecule has 86 valence electrons. The third kappa shape index (κ3) is 2.36. The van der Waals surface area contributed by atoms with Crippen LogP contribution in [-0.4, -0.2) is 17.5 Å². The van der Waals surface area contributed by atoms with Gasteiger partial charge in [-0.3, -0.25) is 0 Å². The lowest BCUT2D eigenvalue weighted by Gasteiger charge is -2.21. The maximum absolute atomic E-state index is 2.50. The maximum Gasteiger partial charge on any atom is 0.109 e. The van der Waals surface area contributed by atoms with Crippen molar-refractivity contribution in [1.82, 2.24) is 0 Å². The molecule has 0 bridgehead atoms. The molecular weight excluding hydrogens is 199 g/mol. The number of hydrogen-bond donors (Lipinski definition) is 0. The summed E-state index contributed by atoms with van der Waals surface area (Å²) in [5.41, 5.74) is 2.09. The van der Waals surface area contributed by atoms with Crippen LogP contribution in [0.1, 0.15) is 53.4 Å². The van der Waals surface area contributed by atoms with E-state index in [-0.39, 0.29) is 0 Å². The van der Waals surface area contributed by atoms with Gasteiger partial charge < -0.3 is 0 Å². The quantitative estimate of drug-likeness (QED) is 0.473. The smallest absolute Gasteiger partial charge is 0.0584 e. The molecule has 1 saturated carbocycles. The summed E-state index contributed by atoms with van der Waals surface area (Å²) in [5.74, 6) is 3.80. The van der Waals surface area contributed by atoms with E-state index in [1.54, 1.807) is 0 Å². The lowest BCUT2D eigenvalue weighted by molar-refractivity contribution is 0.613. The summed E-state index contributed by atoms with van der Waals surface area (Å²) < 4.78 is 0. The molecule has 4 atom stereocenters. The molecule has 0 aromatic carbocycles. The Morgan fingerprint density at radius 2 is 1.33 bits per heavy atom. The predicted octanol–water partition coefficient (Wildman–Crippen LogP) is 4.68. The molecule has 1 saturated heterocycles. The number of rotatable bonds is 2. The molecule has 0 N–H and O–H groups in total. The summed E-state index contributed by atoms with van der Waals surface area (Å²) in [6.07, 6.45) is 7.44. The first-order chi connectivity index (χ1) is 7.09. The van der Waals surface area contributed by atoms with Crippen LogP contribution in [-0.2, 0) is 0 Å². The van der Waals surface area contributed by atoms with E-state index in [2.05, 4.69) is 27.7 Å². The lowest BCUT2D eigenvalue weighted by atomic mass is 9.94. The molecule has 1 aliphatic carbocycles. The monoisotopic (exact) mass is 225 g/mol. The van der Waals surface area contributed by atoms with Crippen LogP contribution < -0.4 is 0 Å². The topological polar surface area (TPSA) is 0 Å². The summed E-state index contributed by atoms with van der Waals surface area (Å²) in [7, 11) is 0.331. The van der Waals surface area contributed by atoms with Gasteiger partial charge in [-0.2, -0.15) is 0 Å². The maximum atomic E-state index is 2.50. The molecule has 0 unspecified atom stereocenters. The Labute approximate surface area is 97.0 Å². The Bertz CT molecular complexity index is 171. The van der Waals surface area contributed by atoms with Crippen molar-refractivity contribution in [2.45, 2.75) is 64.7 Å². The van der Waals surface area contributed by atoms with Crippen molar-refractivity contribution in [1.29, 1.82) is 0 Å². The Hall–Kier alpha value is 0.300. The summed E-state index contributed by atoms with van der Waals surface area (Å²) in [4.78, 5) is 0. The minimum absolute atomic E-state index is 0.331. The van der Waals surface area contributed by atoms with E-state index in [9.17, 15) is 0 Å². The fraction of sp³-hybridized carbons (Fsp3) is 0.929. The third-order valence-electron chi connectivity index (χ3n) is 4.80. The van der Waals surface area contributed by atoms with Gasteiger partial charge in [-0.15, -0.1) is 0 Å². The third-order valence-corrected chi connectivity index (χ3v) is 8.31. The van der Waals surface area contributed by atoms with Gasteiger partial charge in [0.25, 0.3) is 0 Å². The van der Waals surface area contributed by atoms with Crippen molar-refractivity contribution in [3.63, 3.8) is 0 Å². The largest absolute Gasteiger partial charge is 0.109 e. The molecule has 1 heterocycles. The zero-order valence-corrected chi connectivity index (χ0v) is 11.7. The standard InChI is InChI=1S/C14H26P/c1-10-5-6-11(2)14(10)9-15-12(3)7-8-13(15)4/h10-13H,5-9H2,1-4H3/q+1/t10-,11-,12-,13-/m1/s1. The highest BCUT2D eigenvalue weighted by atomic mass is 31.1. The normalized spacial score (nSPS) is 42.8. The molecule has 2 rings (SSSR count). The zero-order valence-electron chi connectivity index (χ0n) is 10.8. The van der Waals surface area contributed by atoms with Gasteiger partial charge in [0.05, 0.1) is 11.8 Å². The summed E-state index contributed by atoms with van der Waals surface area (Å²) >= 11 is 0. The average molecular weight is 225 g/mol. The molecule has 2 fully saturated rings. The summed E-state index contributed by atoms with van der Waals surface area (Å²) in [6, 6.07) is 0. The summed E-state index contributed by atoms with van der Waals surface area (Å²) in [5, 5.41) is 0. The van der Waals surface area contributed by atoms with E-state index < -0.39 is 0 Å². The SMILES string of the molecule is C[C@@H]1CC[C@@H](C)[C+]1CP1[C@H](C)CC[C@H]1C. The van der Waals surface area contributed by atoms with Crippen molar-refractivity contribution in [3.05, 3.63) is 5.92 Å². The fourth-order valence-corrected chi connectivity index (χ4v) is 6.94. The minimum Gasteiger partial charge on any atom is -0.0584 e. The van der Waals surface area contributed by atoms with Crippen molar-refractivity contribution in [3.8, 4) is 0 Å². The van der Waals surface area contributed by atoms with E-state index >= 15 is 0 Å². The summed E-state index contributed by atoms with van der Waals surface area (Å²) in [6.45, 7) is 9.92. The Morgan fingerprint density at radius 1 is 0.867 bits per heavy atom. The molecule has 2 aliphatic rings. The van der Waals surface area contributed by atoms with Crippen LogP contribution >= 0.6 is 7.92 Å². The highest BCUT2D eigenvalue weighted by Crippen LogP contribution is 2.59. The van der Waals surface area contributed by atoms with Crippen molar-refractivity contribution in [2.24, 2.45) is 11.8 Å². The van der Waals surface area contributed by atoms with Gasteiger partial charge in [-0.25, -0.2) is 0 Å². The second-order valence-electron chi connectivity index (χ2n) is 5.90.